The molecular weight excluding hydrogens is 342 g/mol. The molecular formula is C20H25N5O2. The van der Waals surface area contributed by atoms with Gasteiger partial charge in [0.1, 0.15) is 5.82 Å². The number of benzene rings is 1. The molecule has 2 aromatic heterocycles. The number of carbonyl (C=O) groups excluding carboxylic acids is 1. The van der Waals surface area contributed by atoms with Crippen LogP contribution in [0.3, 0.4) is 0 Å². The topological polar surface area (TPSA) is 76.0 Å². The van der Waals surface area contributed by atoms with Gasteiger partial charge in [0.15, 0.2) is 5.69 Å². The van der Waals surface area contributed by atoms with E-state index in [4.69, 9.17) is 4.74 Å². The van der Waals surface area contributed by atoms with Crippen LogP contribution in [0.25, 0.3) is 10.9 Å². The number of imidazole rings is 1. The highest BCUT2D eigenvalue weighted by Crippen LogP contribution is 2.28. The highest BCUT2D eigenvalue weighted by molar-refractivity contribution is 6.04. The predicted molar refractivity (Wildman–Crippen MR) is 103 cm³/mol. The second-order valence-electron chi connectivity index (χ2n) is 7.18. The third kappa shape index (κ3) is 3.47. The van der Waals surface area contributed by atoms with Crippen molar-refractivity contribution in [3.63, 3.8) is 0 Å². The number of H-pyrrole nitrogens is 1. The zero-order valence-electron chi connectivity index (χ0n) is 15.8. The van der Waals surface area contributed by atoms with Crippen LogP contribution >= 0.6 is 0 Å². The molecule has 7 heteroatoms. The Morgan fingerprint density at radius 2 is 2.30 bits per heavy atom. The molecule has 0 radical (unpaired) electrons. The third-order valence-electron chi connectivity index (χ3n) is 5.28. The number of carbonyl (C=O) groups is 1. The highest BCUT2D eigenvalue weighted by Gasteiger charge is 2.29. The quantitative estimate of drug-likeness (QED) is 0.752. The van der Waals surface area contributed by atoms with Gasteiger partial charge in [0, 0.05) is 50.4 Å². The van der Waals surface area contributed by atoms with Crippen molar-refractivity contribution in [2.45, 2.75) is 32.2 Å². The van der Waals surface area contributed by atoms with E-state index in [1.54, 1.807) is 7.11 Å². The lowest BCUT2D eigenvalue weighted by Gasteiger charge is -2.32. The maximum absolute atomic E-state index is 13.2. The lowest BCUT2D eigenvalue weighted by atomic mass is 9.96. The monoisotopic (exact) mass is 367 g/mol. The Balaban J connectivity index is 1.55. The van der Waals surface area contributed by atoms with Gasteiger partial charge in [-0.25, -0.2) is 4.98 Å². The Kier molecular flexibility index (Phi) is 4.94. The zero-order chi connectivity index (χ0) is 18.8. The van der Waals surface area contributed by atoms with Crippen LogP contribution in [-0.4, -0.2) is 57.4 Å². The summed E-state index contributed by atoms with van der Waals surface area (Å²) in [5.74, 6) is 1.26. The fourth-order valence-electron chi connectivity index (χ4n) is 3.87. The molecule has 7 nitrogen and oxygen atoms in total. The highest BCUT2D eigenvalue weighted by atomic mass is 16.5. The van der Waals surface area contributed by atoms with Crippen LogP contribution in [0.5, 0.6) is 0 Å². The molecule has 0 aliphatic carbocycles. The molecule has 1 atom stereocenters. The number of nitrogens with zero attached hydrogens (tertiary/aromatic N) is 4. The van der Waals surface area contributed by atoms with E-state index < -0.39 is 0 Å². The van der Waals surface area contributed by atoms with Crippen molar-refractivity contribution in [2.75, 3.05) is 26.8 Å². The van der Waals surface area contributed by atoms with Crippen molar-refractivity contribution >= 4 is 16.8 Å². The van der Waals surface area contributed by atoms with E-state index in [1.807, 2.05) is 42.4 Å². The van der Waals surface area contributed by atoms with Gasteiger partial charge in [-0.3, -0.25) is 9.89 Å². The number of rotatable bonds is 5. The number of ether oxygens (including phenoxy) is 1. The van der Waals surface area contributed by atoms with E-state index in [0.29, 0.717) is 18.8 Å². The van der Waals surface area contributed by atoms with Crippen LogP contribution in [0.15, 0.2) is 30.6 Å². The molecule has 1 amide bonds. The van der Waals surface area contributed by atoms with Gasteiger partial charge in [0.2, 0.25) is 0 Å². The molecule has 0 bridgehead atoms. The number of aryl methyl sites for hydroxylation is 1. The van der Waals surface area contributed by atoms with E-state index in [2.05, 4.69) is 19.7 Å². The fourth-order valence-corrected chi connectivity index (χ4v) is 3.87. The van der Waals surface area contributed by atoms with Crippen LogP contribution in [0.2, 0.25) is 0 Å². The number of aromatic nitrogens is 4. The van der Waals surface area contributed by atoms with Gasteiger partial charge in [-0.15, -0.1) is 0 Å². The minimum absolute atomic E-state index is 0.00783. The summed E-state index contributed by atoms with van der Waals surface area (Å²) in [5, 5.41) is 8.17. The summed E-state index contributed by atoms with van der Waals surface area (Å²) in [6.45, 7) is 4.88. The van der Waals surface area contributed by atoms with E-state index in [0.717, 1.165) is 48.2 Å². The van der Waals surface area contributed by atoms with Crippen LogP contribution in [0.1, 0.15) is 40.6 Å². The lowest BCUT2D eigenvalue weighted by molar-refractivity contribution is 0.0698. The van der Waals surface area contributed by atoms with E-state index in [9.17, 15) is 4.79 Å². The molecule has 1 aliphatic heterocycles. The maximum Gasteiger partial charge on any atom is 0.275 e. The second kappa shape index (κ2) is 7.52. The van der Waals surface area contributed by atoms with Crippen LogP contribution < -0.4 is 0 Å². The molecule has 3 aromatic rings. The van der Waals surface area contributed by atoms with Crippen molar-refractivity contribution in [1.29, 1.82) is 0 Å². The van der Waals surface area contributed by atoms with Crippen LogP contribution in [-0.2, 0) is 11.3 Å². The summed E-state index contributed by atoms with van der Waals surface area (Å²) in [7, 11) is 1.70. The van der Waals surface area contributed by atoms with Gasteiger partial charge in [-0.1, -0.05) is 11.6 Å². The van der Waals surface area contributed by atoms with E-state index in [-0.39, 0.29) is 11.8 Å². The molecule has 0 saturated carbocycles. The van der Waals surface area contributed by atoms with Crippen molar-refractivity contribution in [3.8, 4) is 0 Å². The second-order valence-corrected chi connectivity index (χ2v) is 7.18. The summed E-state index contributed by atoms with van der Waals surface area (Å²) in [4.78, 5) is 19.6. The molecule has 1 N–H and O–H groups in total. The van der Waals surface area contributed by atoms with Crippen LogP contribution in [0, 0.1) is 6.92 Å². The Morgan fingerprint density at radius 1 is 1.41 bits per heavy atom. The molecule has 3 heterocycles. The number of hydrogen-bond donors (Lipinski definition) is 1. The summed E-state index contributed by atoms with van der Waals surface area (Å²) in [5.41, 5.74) is 2.53. The van der Waals surface area contributed by atoms with Crippen molar-refractivity contribution in [3.05, 3.63) is 47.7 Å². The molecule has 142 valence electrons. The average molecular weight is 367 g/mol. The smallest absolute Gasteiger partial charge is 0.275 e. The summed E-state index contributed by atoms with van der Waals surface area (Å²) < 4.78 is 7.33. The van der Waals surface area contributed by atoms with Crippen molar-refractivity contribution in [1.82, 2.24) is 24.6 Å². The van der Waals surface area contributed by atoms with Gasteiger partial charge in [-0.2, -0.15) is 5.10 Å². The summed E-state index contributed by atoms with van der Waals surface area (Å²) in [6, 6.07) is 6.01. The third-order valence-corrected chi connectivity index (χ3v) is 5.28. The van der Waals surface area contributed by atoms with Crippen molar-refractivity contribution in [2.24, 2.45) is 0 Å². The standard InChI is InChI=1S/C20H25N5O2/c1-14-5-6-17-16(12-14)18(23-22-17)20(26)25-8-3-4-15(13-25)19-21-7-9-24(19)10-11-27-2/h5-7,9,12,15H,3-4,8,10-11,13H2,1-2H3,(H,22,23)/t15-/m0/s1. The molecule has 1 aromatic carbocycles. The maximum atomic E-state index is 13.2. The largest absolute Gasteiger partial charge is 0.383 e. The number of aromatic amines is 1. The minimum Gasteiger partial charge on any atom is -0.383 e. The number of piperidine rings is 1. The first-order chi connectivity index (χ1) is 13.2. The first-order valence-corrected chi connectivity index (χ1v) is 9.41. The van der Waals surface area contributed by atoms with Crippen LogP contribution in [0.4, 0.5) is 0 Å². The number of fused-ring (bicyclic) bond motifs is 1. The van der Waals surface area contributed by atoms with Gasteiger partial charge in [0.05, 0.1) is 12.1 Å². The lowest BCUT2D eigenvalue weighted by Crippen LogP contribution is -2.40. The number of nitrogens with one attached hydrogen (secondary N) is 1. The Morgan fingerprint density at radius 3 is 3.15 bits per heavy atom. The fraction of sp³-hybridized carbons (Fsp3) is 0.450. The first-order valence-electron chi connectivity index (χ1n) is 9.41. The van der Waals surface area contributed by atoms with E-state index in [1.165, 1.54) is 0 Å². The number of hydrogen-bond acceptors (Lipinski definition) is 4. The predicted octanol–water partition coefficient (Wildman–Crippen LogP) is 2.73. The molecule has 4 rings (SSSR count). The zero-order valence-corrected chi connectivity index (χ0v) is 15.8. The molecule has 27 heavy (non-hydrogen) atoms. The van der Waals surface area contributed by atoms with Gasteiger partial charge >= 0.3 is 0 Å². The summed E-state index contributed by atoms with van der Waals surface area (Å²) >= 11 is 0. The first kappa shape index (κ1) is 17.7. The number of amides is 1. The average Bonchev–Trinajstić information content (AvgIpc) is 3.32. The molecule has 1 saturated heterocycles. The Bertz CT molecular complexity index is 945. The van der Waals surface area contributed by atoms with Crippen molar-refractivity contribution < 1.29 is 9.53 Å². The number of likely N-dealkylation sites (tertiary alicyclic amines) is 1. The van der Waals surface area contributed by atoms with E-state index >= 15 is 0 Å². The van der Waals surface area contributed by atoms with Gasteiger partial charge in [0.25, 0.3) is 5.91 Å². The number of methoxy groups -OCH3 is 1. The van der Waals surface area contributed by atoms with Gasteiger partial charge in [-0.05, 0) is 31.9 Å². The molecule has 1 aliphatic rings. The Labute approximate surface area is 158 Å². The molecule has 0 spiro atoms. The molecule has 1 fully saturated rings. The molecule has 0 unspecified atom stereocenters. The van der Waals surface area contributed by atoms with Gasteiger partial charge < -0.3 is 14.2 Å². The normalized spacial score (nSPS) is 17.6. The SMILES string of the molecule is COCCn1ccnc1[C@H]1CCCN(C(=O)c2n[nH]c3ccc(C)cc23)C1. The minimum atomic E-state index is -0.00783. The summed E-state index contributed by atoms with van der Waals surface area (Å²) in [6.07, 6.45) is 5.82. The Hall–Kier alpha value is -2.67.